The third kappa shape index (κ3) is 4.50. The molecule has 160 valence electrons. The molecule has 8 heteroatoms. The maximum Gasteiger partial charge on any atom is 0.247 e. The lowest BCUT2D eigenvalue weighted by Gasteiger charge is -2.27. The molecule has 2 fully saturated rings. The Bertz CT molecular complexity index is 989. The molecule has 0 spiro atoms. The van der Waals surface area contributed by atoms with Crippen molar-refractivity contribution in [2.24, 2.45) is 0 Å². The van der Waals surface area contributed by atoms with Crippen LogP contribution in [0.15, 0.2) is 58.1 Å². The van der Waals surface area contributed by atoms with Gasteiger partial charge in [-0.1, -0.05) is 12.1 Å². The summed E-state index contributed by atoms with van der Waals surface area (Å²) < 4.78 is 37.6. The zero-order valence-corrected chi connectivity index (χ0v) is 17.8. The van der Waals surface area contributed by atoms with Gasteiger partial charge < -0.3 is 14.1 Å². The van der Waals surface area contributed by atoms with Crippen molar-refractivity contribution in [3.05, 3.63) is 60.1 Å². The van der Waals surface area contributed by atoms with Crippen LogP contribution in [0.4, 0.5) is 0 Å². The van der Waals surface area contributed by atoms with E-state index in [0.717, 1.165) is 24.2 Å². The zero-order valence-electron chi connectivity index (χ0n) is 16.9. The van der Waals surface area contributed by atoms with Crippen LogP contribution in [0.5, 0.6) is 0 Å². The number of carbonyl (C=O) groups excluding carboxylic acids is 1. The van der Waals surface area contributed by atoms with E-state index in [9.17, 15) is 13.2 Å². The van der Waals surface area contributed by atoms with E-state index in [-0.39, 0.29) is 22.9 Å². The highest BCUT2D eigenvalue weighted by Crippen LogP contribution is 2.34. The predicted octanol–water partition coefficient (Wildman–Crippen LogP) is 3.07. The minimum absolute atomic E-state index is 0.0774. The lowest BCUT2D eigenvalue weighted by molar-refractivity contribution is -0.129. The van der Waals surface area contributed by atoms with E-state index in [1.165, 1.54) is 4.31 Å². The molecule has 1 aliphatic carbocycles. The fraction of sp³-hybridized carbons (Fsp3) is 0.409. The fourth-order valence-electron chi connectivity index (χ4n) is 3.65. The van der Waals surface area contributed by atoms with Gasteiger partial charge in [-0.2, -0.15) is 4.31 Å². The molecule has 1 saturated heterocycles. The highest BCUT2D eigenvalue weighted by atomic mass is 32.2. The molecule has 1 aromatic carbocycles. The molecule has 1 aliphatic heterocycles. The Kier molecular flexibility index (Phi) is 6.08. The number of furan rings is 1. The summed E-state index contributed by atoms with van der Waals surface area (Å²) in [6.45, 7) is 3.52. The van der Waals surface area contributed by atoms with Crippen LogP contribution in [0.2, 0.25) is 0 Å². The molecule has 1 amide bonds. The first-order chi connectivity index (χ1) is 14.5. The van der Waals surface area contributed by atoms with E-state index in [4.69, 9.17) is 9.15 Å². The second-order valence-corrected chi connectivity index (χ2v) is 9.52. The minimum Gasteiger partial charge on any atom is -0.467 e. The van der Waals surface area contributed by atoms with Gasteiger partial charge in [0, 0.05) is 25.2 Å². The van der Waals surface area contributed by atoms with E-state index in [0.29, 0.717) is 26.3 Å². The molecule has 0 bridgehead atoms. The Hall–Kier alpha value is -2.42. The first kappa shape index (κ1) is 20.8. The van der Waals surface area contributed by atoms with Crippen LogP contribution in [0, 0.1) is 0 Å². The summed E-state index contributed by atoms with van der Waals surface area (Å²) in [5.41, 5.74) is 0.769. The number of hydrogen-bond donors (Lipinski definition) is 0. The van der Waals surface area contributed by atoms with Crippen LogP contribution in [-0.4, -0.2) is 55.9 Å². The number of ether oxygens (including phenoxy) is 1. The number of rotatable bonds is 7. The van der Waals surface area contributed by atoms with Crippen molar-refractivity contribution in [2.75, 3.05) is 26.3 Å². The number of nitrogens with zero attached hydrogens (tertiary/aromatic N) is 2. The van der Waals surface area contributed by atoms with Gasteiger partial charge in [-0.3, -0.25) is 4.79 Å². The maximum absolute atomic E-state index is 12.9. The fourth-order valence-corrected chi connectivity index (χ4v) is 5.05. The van der Waals surface area contributed by atoms with E-state index in [1.54, 1.807) is 42.7 Å². The number of morpholine rings is 1. The van der Waals surface area contributed by atoms with Crippen LogP contribution in [0.3, 0.4) is 0 Å². The second kappa shape index (κ2) is 8.75. The molecular weight excluding hydrogens is 404 g/mol. The molecule has 2 heterocycles. The monoisotopic (exact) mass is 430 g/mol. The third-order valence-electron chi connectivity index (χ3n) is 5.47. The van der Waals surface area contributed by atoms with Crippen molar-refractivity contribution >= 4 is 22.0 Å². The van der Waals surface area contributed by atoms with E-state index >= 15 is 0 Å². The first-order valence-electron chi connectivity index (χ1n) is 10.2. The largest absolute Gasteiger partial charge is 0.467 e. The highest BCUT2D eigenvalue weighted by Gasteiger charge is 2.36. The summed E-state index contributed by atoms with van der Waals surface area (Å²) >= 11 is 0. The Morgan fingerprint density at radius 1 is 1.17 bits per heavy atom. The number of hydrogen-bond acceptors (Lipinski definition) is 5. The normalized spacial score (nSPS) is 19.1. The SMILES string of the molecule is CC(c1ccco1)N(C(=O)/C=C/c1ccc(S(=O)(=O)N2CCOCC2)cc1)C1CC1. The van der Waals surface area contributed by atoms with Crippen LogP contribution in [-0.2, 0) is 19.6 Å². The van der Waals surface area contributed by atoms with Crippen molar-refractivity contribution in [3.8, 4) is 0 Å². The van der Waals surface area contributed by atoms with E-state index < -0.39 is 10.0 Å². The summed E-state index contributed by atoms with van der Waals surface area (Å²) in [6, 6.07) is 10.4. The van der Waals surface area contributed by atoms with Crippen molar-refractivity contribution in [3.63, 3.8) is 0 Å². The molecule has 7 nitrogen and oxygen atoms in total. The van der Waals surface area contributed by atoms with Gasteiger partial charge in [0.2, 0.25) is 15.9 Å². The molecule has 1 atom stereocenters. The van der Waals surface area contributed by atoms with Gasteiger partial charge in [-0.25, -0.2) is 8.42 Å². The summed E-state index contributed by atoms with van der Waals surface area (Å²) in [7, 11) is -3.52. The third-order valence-corrected chi connectivity index (χ3v) is 7.39. The topological polar surface area (TPSA) is 80.1 Å². The number of amides is 1. The maximum atomic E-state index is 12.9. The molecule has 1 aromatic heterocycles. The Labute approximate surface area is 177 Å². The number of sulfonamides is 1. The molecule has 30 heavy (non-hydrogen) atoms. The molecule has 0 N–H and O–H groups in total. The Balaban J connectivity index is 1.45. The van der Waals surface area contributed by atoms with Gasteiger partial charge in [0.05, 0.1) is 30.4 Å². The first-order valence-corrected chi connectivity index (χ1v) is 11.6. The summed E-state index contributed by atoms with van der Waals surface area (Å²) in [6.07, 6.45) is 6.88. The van der Waals surface area contributed by atoms with Crippen LogP contribution in [0.1, 0.15) is 37.1 Å². The Morgan fingerprint density at radius 2 is 1.87 bits per heavy atom. The van der Waals surface area contributed by atoms with Gasteiger partial charge in [0.25, 0.3) is 0 Å². The molecule has 1 saturated carbocycles. The number of carbonyl (C=O) groups is 1. The second-order valence-electron chi connectivity index (χ2n) is 7.59. The highest BCUT2D eigenvalue weighted by molar-refractivity contribution is 7.89. The minimum atomic E-state index is -3.52. The summed E-state index contributed by atoms with van der Waals surface area (Å²) in [4.78, 5) is 15.0. The predicted molar refractivity (Wildman–Crippen MR) is 112 cm³/mol. The van der Waals surface area contributed by atoms with Crippen molar-refractivity contribution < 1.29 is 22.4 Å². The van der Waals surface area contributed by atoms with Crippen molar-refractivity contribution in [2.45, 2.75) is 36.7 Å². The molecule has 1 unspecified atom stereocenters. The summed E-state index contributed by atoms with van der Waals surface area (Å²) in [5.74, 6) is 0.688. The Morgan fingerprint density at radius 3 is 2.47 bits per heavy atom. The molecule has 4 rings (SSSR count). The van der Waals surface area contributed by atoms with Gasteiger partial charge in [-0.05, 0) is 55.7 Å². The van der Waals surface area contributed by atoms with E-state index in [1.807, 2.05) is 24.0 Å². The van der Waals surface area contributed by atoms with Gasteiger partial charge >= 0.3 is 0 Å². The molecular formula is C22H26N2O5S. The van der Waals surface area contributed by atoms with Gasteiger partial charge in [0.15, 0.2) is 0 Å². The van der Waals surface area contributed by atoms with Crippen LogP contribution >= 0.6 is 0 Å². The standard InChI is InChI=1S/C22H26N2O5S/c1-17(21-3-2-14-29-21)24(19-7-8-19)22(25)11-6-18-4-9-20(10-5-18)30(26,27)23-12-15-28-16-13-23/h2-6,9-11,14,17,19H,7-8,12-13,15-16H2,1H3/b11-6+. The zero-order chi connectivity index (χ0) is 21.1. The van der Waals surface area contributed by atoms with Gasteiger partial charge in [-0.15, -0.1) is 0 Å². The number of benzene rings is 1. The quantitative estimate of drug-likeness (QED) is 0.631. The summed E-state index contributed by atoms with van der Waals surface area (Å²) in [5, 5.41) is 0. The molecule has 2 aromatic rings. The molecule has 2 aliphatic rings. The van der Waals surface area contributed by atoms with Crippen LogP contribution < -0.4 is 0 Å². The van der Waals surface area contributed by atoms with Crippen LogP contribution in [0.25, 0.3) is 6.08 Å². The lowest BCUT2D eigenvalue weighted by Crippen LogP contribution is -2.40. The van der Waals surface area contributed by atoms with Crippen molar-refractivity contribution in [1.82, 2.24) is 9.21 Å². The van der Waals surface area contributed by atoms with E-state index in [2.05, 4.69) is 0 Å². The average Bonchev–Trinajstić information content (AvgIpc) is 3.44. The van der Waals surface area contributed by atoms with Crippen molar-refractivity contribution in [1.29, 1.82) is 0 Å². The average molecular weight is 431 g/mol. The lowest BCUT2D eigenvalue weighted by atomic mass is 10.2. The molecule has 0 radical (unpaired) electrons. The smallest absolute Gasteiger partial charge is 0.247 e. The van der Waals surface area contributed by atoms with Gasteiger partial charge in [0.1, 0.15) is 5.76 Å².